The number of rotatable bonds is 3. The summed E-state index contributed by atoms with van der Waals surface area (Å²) in [7, 11) is 0. The zero-order valence-electron chi connectivity index (χ0n) is 11.1. The van der Waals surface area contributed by atoms with E-state index in [9.17, 15) is 4.79 Å². The predicted molar refractivity (Wildman–Crippen MR) is 66.2 cm³/mol. The Bertz CT molecular complexity index is 416. The van der Waals surface area contributed by atoms with Crippen LogP contribution in [-0.2, 0) is 4.74 Å². The molecule has 1 aliphatic heterocycles. The Kier molecular flexibility index (Phi) is 3.96. The molecule has 1 aromatic rings. The Labute approximate surface area is 107 Å². The Morgan fingerprint density at radius 2 is 2.33 bits per heavy atom. The lowest BCUT2D eigenvalue weighted by molar-refractivity contribution is -0.0300. The van der Waals surface area contributed by atoms with E-state index in [1.807, 2.05) is 0 Å². The molecule has 1 aromatic heterocycles. The quantitative estimate of drug-likeness (QED) is 0.871. The molecule has 1 amide bonds. The van der Waals surface area contributed by atoms with Crippen LogP contribution in [0.2, 0.25) is 0 Å². The highest BCUT2D eigenvalue weighted by Gasteiger charge is 2.27. The normalized spacial score (nSPS) is 20.4. The predicted octanol–water partition coefficient (Wildman–Crippen LogP) is 1.00. The van der Waals surface area contributed by atoms with Crippen LogP contribution in [0.25, 0.3) is 0 Å². The minimum atomic E-state index is -0.0571. The highest BCUT2D eigenvalue weighted by atomic mass is 16.5. The summed E-state index contributed by atoms with van der Waals surface area (Å²) in [6.45, 7) is 7.96. The van der Waals surface area contributed by atoms with Crippen molar-refractivity contribution < 1.29 is 9.53 Å². The molecule has 6 nitrogen and oxygen atoms in total. The van der Waals surface area contributed by atoms with E-state index in [4.69, 9.17) is 4.74 Å². The first-order chi connectivity index (χ1) is 8.58. The molecule has 1 N–H and O–H groups in total. The van der Waals surface area contributed by atoms with Gasteiger partial charge < -0.3 is 9.64 Å². The fourth-order valence-corrected chi connectivity index (χ4v) is 2.21. The van der Waals surface area contributed by atoms with E-state index in [0.29, 0.717) is 37.0 Å². The number of hydrogen-bond acceptors (Lipinski definition) is 4. The molecular weight excluding hydrogens is 232 g/mol. The van der Waals surface area contributed by atoms with Gasteiger partial charge in [0.05, 0.1) is 18.4 Å². The highest BCUT2D eigenvalue weighted by Crippen LogP contribution is 2.16. The molecule has 0 saturated carbocycles. The van der Waals surface area contributed by atoms with Gasteiger partial charge in [-0.25, -0.2) is 0 Å². The van der Waals surface area contributed by atoms with Gasteiger partial charge in [0.2, 0.25) is 0 Å². The maximum Gasteiger partial charge on any atom is 0.276 e. The summed E-state index contributed by atoms with van der Waals surface area (Å²) in [4.78, 5) is 14.1. The summed E-state index contributed by atoms with van der Waals surface area (Å²) >= 11 is 0. The first kappa shape index (κ1) is 13.0. The third-order valence-electron chi connectivity index (χ3n) is 3.09. The van der Waals surface area contributed by atoms with Gasteiger partial charge in [0.25, 0.3) is 5.91 Å². The number of hydrogen-bond donors (Lipinski definition) is 1. The van der Waals surface area contributed by atoms with Crippen LogP contribution in [0.1, 0.15) is 36.5 Å². The van der Waals surface area contributed by atoms with Crippen LogP contribution in [0.3, 0.4) is 0 Å². The van der Waals surface area contributed by atoms with Gasteiger partial charge >= 0.3 is 0 Å². The molecule has 0 radical (unpaired) electrons. The lowest BCUT2D eigenvalue weighted by Crippen LogP contribution is -2.46. The van der Waals surface area contributed by atoms with Crippen LogP contribution in [0.4, 0.5) is 0 Å². The van der Waals surface area contributed by atoms with Crippen molar-refractivity contribution in [2.45, 2.75) is 33.3 Å². The number of nitrogens with one attached hydrogen (secondary N) is 1. The molecule has 2 heterocycles. The number of carbonyl (C=O) groups excluding carboxylic acids is 1. The molecule has 1 unspecified atom stereocenters. The van der Waals surface area contributed by atoms with Gasteiger partial charge in [0, 0.05) is 13.1 Å². The summed E-state index contributed by atoms with van der Waals surface area (Å²) < 4.78 is 5.68. The van der Waals surface area contributed by atoms with Crippen molar-refractivity contribution in [2.75, 3.05) is 19.7 Å². The maximum absolute atomic E-state index is 12.3. The standard InChI is InChI=1S/C12H20N4O2/c1-8(2)6-10-7-16(4-5-18-10)12(17)11-9(3)13-15-14-11/h8,10H,4-7H2,1-3H3,(H,13,14,15). The molecule has 2 rings (SSSR count). The van der Waals surface area contributed by atoms with E-state index in [-0.39, 0.29) is 12.0 Å². The van der Waals surface area contributed by atoms with Crippen LogP contribution in [0.5, 0.6) is 0 Å². The van der Waals surface area contributed by atoms with Crippen LogP contribution < -0.4 is 0 Å². The third kappa shape index (κ3) is 2.87. The number of amides is 1. The number of morpholine rings is 1. The Morgan fingerprint density at radius 1 is 1.56 bits per heavy atom. The summed E-state index contributed by atoms with van der Waals surface area (Å²) in [5, 5.41) is 10.3. The second-order valence-corrected chi connectivity index (χ2v) is 5.13. The van der Waals surface area contributed by atoms with Crippen molar-refractivity contribution in [3.8, 4) is 0 Å². The fraction of sp³-hybridized carbons (Fsp3) is 0.750. The van der Waals surface area contributed by atoms with E-state index in [1.54, 1.807) is 11.8 Å². The zero-order chi connectivity index (χ0) is 13.1. The highest BCUT2D eigenvalue weighted by molar-refractivity contribution is 5.93. The molecule has 1 atom stereocenters. The van der Waals surface area contributed by atoms with Gasteiger partial charge in [0.1, 0.15) is 0 Å². The molecule has 0 bridgehead atoms. The summed E-state index contributed by atoms with van der Waals surface area (Å²) in [6.07, 6.45) is 1.11. The number of aromatic amines is 1. The first-order valence-electron chi connectivity index (χ1n) is 6.36. The molecule has 100 valence electrons. The SMILES string of the molecule is Cc1n[nH]nc1C(=O)N1CCOC(CC(C)C)C1. The van der Waals surface area contributed by atoms with E-state index in [2.05, 4.69) is 29.3 Å². The number of aromatic nitrogens is 3. The average Bonchev–Trinajstić information content (AvgIpc) is 2.74. The molecule has 1 fully saturated rings. The van der Waals surface area contributed by atoms with Gasteiger partial charge in [-0.1, -0.05) is 13.8 Å². The molecule has 1 aliphatic rings. The van der Waals surface area contributed by atoms with Crippen molar-refractivity contribution in [3.05, 3.63) is 11.4 Å². The average molecular weight is 252 g/mol. The van der Waals surface area contributed by atoms with Gasteiger partial charge in [-0.3, -0.25) is 4.79 Å². The Morgan fingerprint density at radius 3 is 2.94 bits per heavy atom. The molecule has 0 aromatic carbocycles. The van der Waals surface area contributed by atoms with Crippen molar-refractivity contribution in [1.29, 1.82) is 0 Å². The number of nitrogens with zero attached hydrogens (tertiary/aromatic N) is 3. The van der Waals surface area contributed by atoms with Crippen LogP contribution in [-0.4, -0.2) is 52.0 Å². The van der Waals surface area contributed by atoms with Crippen molar-refractivity contribution in [1.82, 2.24) is 20.3 Å². The second-order valence-electron chi connectivity index (χ2n) is 5.13. The van der Waals surface area contributed by atoms with Crippen LogP contribution >= 0.6 is 0 Å². The van der Waals surface area contributed by atoms with E-state index >= 15 is 0 Å². The maximum atomic E-state index is 12.3. The smallest absolute Gasteiger partial charge is 0.276 e. The van der Waals surface area contributed by atoms with Gasteiger partial charge in [-0.15, -0.1) is 0 Å². The first-order valence-corrected chi connectivity index (χ1v) is 6.36. The zero-order valence-corrected chi connectivity index (χ0v) is 11.1. The monoisotopic (exact) mass is 252 g/mol. The molecule has 18 heavy (non-hydrogen) atoms. The van der Waals surface area contributed by atoms with Gasteiger partial charge in [0.15, 0.2) is 5.69 Å². The topological polar surface area (TPSA) is 71.1 Å². The molecule has 0 spiro atoms. The van der Waals surface area contributed by atoms with E-state index < -0.39 is 0 Å². The van der Waals surface area contributed by atoms with Gasteiger partial charge in [-0.05, 0) is 19.3 Å². The van der Waals surface area contributed by atoms with Crippen molar-refractivity contribution in [3.63, 3.8) is 0 Å². The minimum absolute atomic E-state index is 0.0571. The van der Waals surface area contributed by atoms with Gasteiger partial charge in [-0.2, -0.15) is 15.4 Å². The van der Waals surface area contributed by atoms with Crippen molar-refractivity contribution in [2.24, 2.45) is 5.92 Å². The van der Waals surface area contributed by atoms with Crippen LogP contribution in [0.15, 0.2) is 0 Å². The summed E-state index contributed by atoms with van der Waals surface area (Å²) in [5.41, 5.74) is 1.06. The Hall–Kier alpha value is -1.43. The number of ether oxygens (including phenoxy) is 1. The number of aryl methyl sites for hydroxylation is 1. The molecular formula is C12H20N4O2. The second kappa shape index (κ2) is 5.48. The summed E-state index contributed by atoms with van der Waals surface area (Å²) in [6, 6.07) is 0. The lowest BCUT2D eigenvalue weighted by Gasteiger charge is -2.33. The molecule has 1 saturated heterocycles. The van der Waals surface area contributed by atoms with Crippen LogP contribution in [0, 0.1) is 12.8 Å². The molecule has 6 heteroatoms. The number of H-pyrrole nitrogens is 1. The largest absolute Gasteiger partial charge is 0.375 e. The van der Waals surface area contributed by atoms with E-state index in [0.717, 1.165) is 6.42 Å². The lowest BCUT2D eigenvalue weighted by atomic mass is 10.0. The summed E-state index contributed by atoms with van der Waals surface area (Å²) in [5.74, 6) is 0.511. The third-order valence-corrected chi connectivity index (χ3v) is 3.09. The minimum Gasteiger partial charge on any atom is -0.375 e. The van der Waals surface area contributed by atoms with Crippen molar-refractivity contribution >= 4 is 5.91 Å². The molecule has 0 aliphatic carbocycles. The van der Waals surface area contributed by atoms with E-state index in [1.165, 1.54) is 0 Å². The number of carbonyl (C=O) groups is 1. The Balaban J connectivity index is 2.01. The fourth-order valence-electron chi connectivity index (χ4n) is 2.21.